The lowest BCUT2D eigenvalue weighted by molar-refractivity contribution is 0.451. The number of anilines is 1. The molecular weight excluding hydrogens is 334 g/mol. The van der Waals surface area contributed by atoms with Gasteiger partial charge in [-0.1, -0.05) is 41.7 Å². The van der Waals surface area contributed by atoms with Crippen molar-refractivity contribution in [3.05, 3.63) is 46.9 Å². The summed E-state index contributed by atoms with van der Waals surface area (Å²) in [5, 5.41) is 20.0. The minimum atomic E-state index is 0.373. The van der Waals surface area contributed by atoms with Crippen molar-refractivity contribution in [2.24, 2.45) is 0 Å². The van der Waals surface area contributed by atoms with E-state index in [4.69, 9.17) is 4.42 Å². The van der Waals surface area contributed by atoms with Gasteiger partial charge in [-0.3, -0.25) is 0 Å². The van der Waals surface area contributed by atoms with Crippen molar-refractivity contribution in [3.63, 3.8) is 0 Å². The van der Waals surface area contributed by atoms with Crippen LogP contribution in [-0.2, 0) is 0 Å². The summed E-state index contributed by atoms with van der Waals surface area (Å²) >= 11 is 1.67. The van der Waals surface area contributed by atoms with Crippen LogP contribution in [0, 0.1) is 18.3 Å². The second kappa shape index (κ2) is 6.65. The molecular formula is C18H17N5OS. The molecule has 0 bridgehead atoms. The van der Waals surface area contributed by atoms with E-state index in [0.717, 1.165) is 41.5 Å². The summed E-state index contributed by atoms with van der Waals surface area (Å²) in [4.78, 5) is 6.23. The Morgan fingerprint density at radius 1 is 1.20 bits per heavy atom. The van der Waals surface area contributed by atoms with Gasteiger partial charge in [0.15, 0.2) is 5.89 Å². The summed E-state index contributed by atoms with van der Waals surface area (Å²) < 4.78 is 5.61. The van der Waals surface area contributed by atoms with E-state index < -0.39 is 0 Å². The van der Waals surface area contributed by atoms with Crippen molar-refractivity contribution in [2.75, 3.05) is 18.0 Å². The molecule has 1 saturated heterocycles. The number of oxazole rings is 1. The van der Waals surface area contributed by atoms with E-state index >= 15 is 0 Å². The van der Waals surface area contributed by atoms with Gasteiger partial charge < -0.3 is 9.32 Å². The Hall–Kier alpha value is -2.72. The molecule has 7 heteroatoms. The Labute approximate surface area is 149 Å². The van der Waals surface area contributed by atoms with Gasteiger partial charge in [0.05, 0.1) is 0 Å². The standard InChI is InChI=1S/C18H17N5OS/c1-12-20-15(11-19)18(24-12)23-9-7-14(8-10-23)17-22-21-16(25-17)13-5-3-2-4-6-13/h2-6,14H,7-10H2,1H3. The molecule has 1 aromatic carbocycles. The lowest BCUT2D eigenvalue weighted by Gasteiger charge is -2.30. The number of nitrogens with zero attached hydrogens (tertiary/aromatic N) is 5. The number of hydrogen-bond donors (Lipinski definition) is 0. The maximum absolute atomic E-state index is 9.19. The molecule has 1 fully saturated rings. The van der Waals surface area contributed by atoms with E-state index in [1.807, 2.05) is 18.2 Å². The molecule has 126 valence electrons. The third-order valence-electron chi connectivity index (χ3n) is 4.41. The van der Waals surface area contributed by atoms with Crippen molar-refractivity contribution >= 4 is 17.2 Å². The Morgan fingerprint density at radius 2 is 1.96 bits per heavy atom. The van der Waals surface area contributed by atoms with E-state index in [1.165, 1.54) is 0 Å². The molecule has 0 N–H and O–H groups in total. The Kier molecular flexibility index (Phi) is 4.20. The third-order valence-corrected chi connectivity index (χ3v) is 5.55. The summed E-state index contributed by atoms with van der Waals surface area (Å²) in [5.41, 5.74) is 1.48. The van der Waals surface area contributed by atoms with Gasteiger partial charge >= 0.3 is 0 Å². The maximum Gasteiger partial charge on any atom is 0.234 e. The number of piperidine rings is 1. The molecule has 0 amide bonds. The topological polar surface area (TPSA) is 78.8 Å². The van der Waals surface area contributed by atoms with E-state index in [-0.39, 0.29) is 0 Å². The zero-order valence-electron chi connectivity index (χ0n) is 13.8. The molecule has 3 aromatic rings. The molecule has 0 aliphatic carbocycles. The van der Waals surface area contributed by atoms with Crippen LogP contribution < -0.4 is 4.90 Å². The van der Waals surface area contributed by atoms with Gasteiger partial charge in [-0.25, -0.2) is 4.98 Å². The molecule has 0 unspecified atom stereocenters. The molecule has 0 spiro atoms. The van der Waals surface area contributed by atoms with Crippen LogP contribution in [0.15, 0.2) is 34.7 Å². The molecule has 6 nitrogen and oxygen atoms in total. The van der Waals surface area contributed by atoms with Crippen LogP contribution in [-0.4, -0.2) is 28.3 Å². The fourth-order valence-electron chi connectivity index (χ4n) is 3.13. The van der Waals surface area contributed by atoms with Crippen LogP contribution >= 0.6 is 11.3 Å². The second-order valence-corrected chi connectivity index (χ2v) is 7.08. The number of nitriles is 1. The molecule has 0 atom stereocenters. The molecule has 4 rings (SSSR count). The van der Waals surface area contributed by atoms with E-state index in [0.29, 0.717) is 23.4 Å². The normalized spacial score (nSPS) is 15.3. The molecule has 0 radical (unpaired) electrons. The zero-order chi connectivity index (χ0) is 17.2. The monoisotopic (exact) mass is 351 g/mol. The number of aryl methyl sites for hydroxylation is 1. The van der Waals surface area contributed by atoms with E-state index in [2.05, 4.69) is 38.3 Å². The van der Waals surface area contributed by atoms with Crippen molar-refractivity contribution in [1.29, 1.82) is 5.26 Å². The SMILES string of the molecule is Cc1nc(C#N)c(N2CCC(c3nnc(-c4ccccc4)s3)CC2)o1. The van der Waals surface area contributed by atoms with Gasteiger partial charge in [-0.2, -0.15) is 5.26 Å². The number of aromatic nitrogens is 3. The largest absolute Gasteiger partial charge is 0.424 e. The molecule has 2 aromatic heterocycles. The van der Waals surface area contributed by atoms with Crippen molar-refractivity contribution in [3.8, 4) is 16.6 Å². The lowest BCUT2D eigenvalue weighted by atomic mass is 9.98. The highest BCUT2D eigenvalue weighted by atomic mass is 32.1. The lowest BCUT2D eigenvalue weighted by Crippen LogP contribution is -2.33. The molecule has 1 aliphatic heterocycles. The zero-order valence-corrected chi connectivity index (χ0v) is 14.7. The Morgan fingerprint density at radius 3 is 2.68 bits per heavy atom. The molecule has 25 heavy (non-hydrogen) atoms. The smallest absolute Gasteiger partial charge is 0.234 e. The summed E-state index contributed by atoms with van der Waals surface area (Å²) in [6.45, 7) is 3.42. The quantitative estimate of drug-likeness (QED) is 0.715. The summed E-state index contributed by atoms with van der Waals surface area (Å²) in [5.74, 6) is 1.53. The first-order valence-corrected chi connectivity index (χ1v) is 9.07. The Balaban J connectivity index is 1.46. The highest BCUT2D eigenvalue weighted by Gasteiger charge is 2.27. The first-order chi connectivity index (χ1) is 12.2. The van der Waals surface area contributed by atoms with Crippen molar-refractivity contribution < 1.29 is 4.42 Å². The highest BCUT2D eigenvalue weighted by molar-refractivity contribution is 7.14. The number of benzene rings is 1. The summed E-state index contributed by atoms with van der Waals surface area (Å²) in [7, 11) is 0. The molecule has 1 aliphatic rings. The average molecular weight is 351 g/mol. The minimum absolute atomic E-state index is 0.373. The van der Waals surface area contributed by atoms with E-state index in [1.54, 1.807) is 18.3 Å². The predicted molar refractivity (Wildman–Crippen MR) is 95.5 cm³/mol. The van der Waals surface area contributed by atoms with Gasteiger partial charge in [0.25, 0.3) is 0 Å². The Bertz CT molecular complexity index is 903. The van der Waals surface area contributed by atoms with Crippen LogP contribution in [0.1, 0.15) is 35.4 Å². The average Bonchev–Trinajstić information content (AvgIpc) is 3.29. The van der Waals surface area contributed by atoms with E-state index in [9.17, 15) is 5.26 Å². The van der Waals surface area contributed by atoms with Gasteiger partial charge in [-0.15, -0.1) is 10.2 Å². The number of hydrogen-bond acceptors (Lipinski definition) is 7. The van der Waals surface area contributed by atoms with Crippen molar-refractivity contribution in [1.82, 2.24) is 15.2 Å². The van der Waals surface area contributed by atoms with Gasteiger partial charge in [-0.05, 0) is 12.8 Å². The summed E-state index contributed by atoms with van der Waals surface area (Å²) in [6.07, 6.45) is 1.93. The minimum Gasteiger partial charge on any atom is -0.424 e. The van der Waals surface area contributed by atoms with Crippen molar-refractivity contribution in [2.45, 2.75) is 25.7 Å². The summed E-state index contributed by atoms with van der Waals surface area (Å²) in [6, 6.07) is 12.3. The van der Waals surface area contributed by atoms with Crippen LogP contribution in [0.2, 0.25) is 0 Å². The van der Waals surface area contributed by atoms with Crippen LogP contribution in [0.4, 0.5) is 5.88 Å². The predicted octanol–water partition coefficient (Wildman–Crippen LogP) is 3.76. The highest BCUT2D eigenvalue weighted by Crippen LogP contribution is 2.35. The van der Waals surface area contributed by atoms with Crippen LogP contribution in [0.25, 0.3) is 10.6 Å². The van der Waals surface area contributed by atoms with Crippen LogP contribution in [0.3, 0.4) is 0 Å². The first-order valence-electron chi connectivity index (χ1n) is 8.26. The fraction of sp³-hybridized carbons (Fsp3) is 0.333. The number of rotatable bonds is 3. The fourth-order valence-corrected chi connectivity index (χ4v) is 4.15. The third kappa shape index (κ3) is 3.13. The van der Waals surface area contributed by atoms with Gasteiger partial charge in [0.1, 0.15) is 16.1 Å². The first kappa shape index (κ1) is 15.8. The maximum atomic E-state index is 9.19. The van der Waals surface area contributed by atoms with Gasteiger partial charge in [0, 0.05) is 31.5 Å². The van der Waals surface area contributed by atoms with Gasteiger partial charge in [0.2, 0.25) is 11.6 Å². The second-order valence-electron chi connectivity index (χ2n) is 6.07. The molecule has 0 saturated carbocycles. The van der Waals surface area contributed by atoms with Crippen LogP contribution in [0.5, 0.6) is 0 Å². The molecule has 3 heterocycles.